The number of aromatic nitrogens is 2. The van der Waals surface area contributed by atoms with E-state index >= 15 is 0 Å². The van der Waals surface area contributed by atoms with E-state index in [9.17, 15) is 4.79 Å². The van der Waals surface area contributed by atoms with Crippen molar-refractivity contribution in [2.24, 2.45) is 0 Å². The Balaban J connectivity index is 2.35. The van der Waals surface area contributed by atoms with Crippen molar-refractivity contribution < 1.29 is 4.79 Å². The number of nitrogens with one attached hydrogen (secondary N) is 2. The molecule has 6 heteroatoms. The van der Waals surface area contributed by atoms with E-state index in [1.165, 1.54) is 6.20 Å². The molecule has 0 saturated heterocycles. The van der Waals surface area contributed by atoms with Gasteiger partial charge in [-0.1, -0.05) is 11.6 Å². The zero-order valence-electron chi connectivity index (χ0n) is 10.2. The Morgan fingerprint density at radius 1 is 1.47 bits per heavy atom. The van der Waals surface area contributed by atoms with Crippen molar-refractivity contribution in [3.63, 3.8) is 0 Å². The van der Waals surface area contributed by atoms with Crippen LogP contribution in [0, 0.1) is 0 Å². The van der Waals surface area contributed by atoms with Gasteiger partial charge in [0.1, 0.15) is 5.15 Å². The summed E-state index contributed by atoms with van der Waals surface area (Å²) >= 11 is 5.68. The highest BCUT2D eigenvalue weighted by atomic mass is 35.5. The molecule has 0 unspecified atom stereocenters. The summed E-state index contributed by atoms with van der Waals surface area (Å²) in [6, 6.07) is 1.55. The molecular weight excluding hydrogens is 240 g/mol. The van der Waals surface area contributed by atoms with Crippen LogP contribution in [0.3, 0.4) is 0 Å². The van der Waals surface area contributed by atoms with E-state index in [2.05, 4.69) is 20.6 Å². The molecule has 0 radical (unpaired) electrons. The van der Waals surface area contributed by atoms with Gasteiger partial charge >= 0.3 is 0 Å². The summed E-state index contributed by atoms with van der Waals surface area (Å²) in [7, 11) is 0. The maximum Gasteiger partial charge on any atom is 0.230 e. The maximum absolute atomic E-state index is 11.5. The fraction of sp³-hybridized carbons (Fsp3) is 0.545. The van der Waals surface area contributed by atoms with Crippen molar-refractivity contribution in [3.05, 3.63) is 17.4 Å². The second-order valence-corrected chi connectivity index (χ2v) is 5.07. The molecule has 0 aromatic carbocycles. The third-order valence-electron chi connectivity index (χ3n) is 1.88. The van der Waals surface area contributed by atoms with E-state index in [0.29, 0.717) is 18.1 Å². The number of carbonyl (C=O) groups excluding carboxylic acids is 1. The van der Waals surface area contributed by atoms with Gasteiger partial charge in [-0.15, -0.1) is 0 Å². The summed E-state index contributed by atoms with van der Waals surface area (Å²) in [6.45, 7) is 6.75. The van der Waals surface area contributed by atoms with E-state index in [-0.39, 0.29) is 17.4 Å². The lowest BCUT2D eigenvalue weighted by molar-refractivity contribution is -0.116. The first-order valence-corrected chi connectivity index (χ1v) is 5.78. The van der Waals surface area contributed by atoms with Crippen LogP contribution in [0.2, 0.25) is 5.15 Å². The first kappa shape index (κ1) is 13.9. The zero-order chi connectivity index (χ0) is 12.9. The molecule has 0 atom stereocenters. The normalized spacial score (nSPS) is 11.3. The summed E-state index contributed by atoms with van der Waals surface area (Å²) in [4.78, 5) is 19.3. The molecule has 1 aromatic rings. The van der Waals surface area contributed by atoms with Gasteiger partial charge in [-0.25, -0.2) is 9.97 Å². The highest BCUT2D eigenvalue weighted by molar-refractivity contribution is 6.29. The lowest BCUT2D eigenvalue weighted by Gasteiger charge is -2.20. The molecule has 1 rings (SSSR count). The fourth-order valence-electron chi connectivity index (χ4n) is 1.14. The minimum absolute atomic E-state index is 0.00678. The smallest absolute Gasteiger partial charge is 0.230 e. The largest absolute Gasteiger partial charge is 0.312 e. The molecule has 0 aliphatic heterocycles. The first-order chi connectivity index (χ1) is 7.87. The molecule has 0 spiro atoms. The number of nitrogens with zero attached hydrogens (tertiary/aromatic N) is 2. The van der Waals surface area contributed by atoms with Gasteiger partial charge in [0.15, 0.2) is 0 Å². The van der Waals surface area contributed by atoms with Crippen LogP contribution >= 0.6 is 11.6 Å². The summed E-state index contributed by atoms with van der Waals surface area (Å²) in [5.41, 5.74) is 0.00678. The predicted octanol–water partition coefficient (Wildman–Crippen LogP) is 1.85. The molecule has 17 heavy (non-hydrogen) atoms. The van der Waals surface area contributed by atoms with Crippen molar-refractivity contribution in [2.75, 3.05) is 11.9 Å². The Bertz CT molecular complexity index is 389. The number of halogens is 1. The molecule has 94 valence electrons. The average Bonchev–Trinajstić information content (AvgIpc) is 2.15. The fourth-order valence-corrected chi connectivity index (χ4v) is 1.27. The Morgan fingerprint density at radius 3 is 2.76 bits per heavy atom. The molecule has 1 amide bonds. The summed E-state index contributed by atoms with van der Waals surface area (Å²) < 4.78 is 0. The van der Waals surface area contributed by atoms with Crippen LogP contribution in [-0.4, -0.2) is 28.0 Å². The number of hydrogen-bond acceptors (Lipinski definition) is 4. The van der Waals surface area contributed by atoms with E-state index in [4.69, 9.17) is 11.6 Å². The van der Waals surface area contributed by atoms with E-state index < -0.39 is 0 Å². The van der Waals surface area contributed by atoms with Gasteiger partial charge in [-0.3, -0.25) is 10.1 Å². The van der Waals surface area contributed by atoms with Gasteiger partial charge in [-0.2, -0.15) is 0 Å². The lowest BCUT2D eigenvalue weighted by atomic mass is 10.1. The van der Waals surface area contributed by atoms with Gasteiger partial charge < -0.3 is 5.32 Å². The van der Waals surface area contributed by atoms with Crippen LogP contribution in [0.15, 0.2) is 12.3 Å². The zero-order valence-corrected chi connectivity index (χ0v) is 11.0. The van der Waals surface area contributed by atoms with Crippen molar-refractivity contribution >= 4 is 23.5 Å². The van der Waals surface area contributed by atoms with Crippen molar-refractivity contribution in [2.45, 2.75) is 32.7 Å². The summed E-state index contributed by atoms with van der Waals surface area (Å²) in [5, 5.41) is 6.11. The SMILES string of the molecule is CC(C)(C)NCCC(=O)Nc1nccc(Cl)n1. The molecular formula is C11H17ClN4O. The molecule has 0 fully saturated rings. The van der Waals surface area contributed by atoms with E-state index in [0.717, 1.165) is 0 Å². The topological polar surface area (TPSA) is 66.9 Å². The monoisotopic (exact) mass is 256 g/mol. The van der Waals surface area contributed by atoms with Crippen LogP contribution in [0.25, 0.3) is 0 Å². The van der Waals surface area contributed by atoms with Crippen LogP contribution in [-0.2, 0) is 4.79 Å². The summed E-state index contributed by atoms with van der Waals surface area (Å²) in [5.74, 6) is 0.0993. The number of rotatable bonds is 4. The summed E-state index contributed by atoms with van der Waals surface area (Å²) in [6.07, 6.45) is 1.87. The quantitative estimate of drug-likeness (QED) is 0.807. The van der Waals surface area contributed by atoms with Gasteiger partial charge in [-0.05, 0) is 26.8 Å². The Morgan fingerprint density at radius 2 is 2.18 bits per heavy atom. The highest BCUT2D eigenvalue weighted by Crippen LogP contribution is 2.05. The highest BCUT2D eigenvalue weighted by Gasteiger charge is 2.10. The van der Waals surface area contributed by atoms with Gasteiger partial charge in [0.2, 0.25) is 11.9 Å². The van der Waals surface area contributed by atoms with Gasteiger partial charge in [0, 0.05) is 24.7 Å². The van der Waals surface area contributed by atoms with Gasteiger partial charge in [0.05, 0.1) is 0 Å². The molecule has 5 nitrogen and oxygen atoms in total. The van der Waals surface area contributed by atoms with Gasteiger partial charge in [0.25, 0.3) is 0 Å². The minimum atomic E-state index is -0.135. The van der Waals surface area contributed by atoms with Crippen LogP contribution < -0.4 is 10.6 Å². The number of amides is 1. The van der Waals surface area contributed by atoms with Crippen LogP contribution in [0.5, 0.6) is 0 Å². The van der Waals surface area contributed by atoms with E-state index in [1.807, 2.05) is 20.8 Å². The molecule has 0 aliphatic carbocycles. The van der Waals surface area contributed by atoms with Crippen LogP contribution in [0.4, 0.5) is 5.95 Å². The average molecular weight is 257 g/mol. The second-order valence-electron chi connectivity index (χ2n) is 4.68. The molecule has 0 bridgehead atoms. The predicted molar refractivity (Wildman–Crippen MR) is 68.0 cm³/mol. The Kier molecular flexibility index (Phi) is 4.84. The molecule has 0 aliphatic rings. The molecule has 1 aromatic heterocycles. The van der Waals surface area contributed by atoms with E-state index in [1.54, 1.807) is 6.07 Å². The third-order valence-corrected chi connectivity index (χ3v) is 2.09. The van der Waals surface area contributed by atoms with Crippen LogP contribution in [0.1, 0.15) is 27.2 Å². The number of anilines is 1. The standard InChI is InChI=1S/C11H17ClN4O/c1-11(2,3)14-7-5-9(17)16-10-13-6-4-8(12)15-10/h4,6,14H,5,7H2,1-3H3,(H,13,15,16,17). The Hall–Kier alpha value is -1.20. The molecule has 2 N–H and O–H groups in total. The third kappa shape index (κ3) is 6.19. The maximum atomic E-state index is 11.5. The van der Waals surface area contributed by atoms with Crippen molar-refractivity contribution in [1.29, 1.82) is 0 Å². The Labute approximate surface area is 106 Å². The first-order valence-electron chi connectivity index (χ1n) is 5.40. The number of hydrogen-bond donors (Lipinski definition) is 2. The van der Waals surface area contributed by atoms with Crippen molar-refractivity contribution in [3.8, 4) is 0 Å². The minimum Gasteiger partial charge on any atom is -0.312 e. The lowest BCUT2D eigenvalue weighted by Crippen LogP contribution is -2.37. The second kappa shape index (κ2) is 5.93. The molecule has 1 heterocycles. The number of carbonyl (C=O) groups is 1. The molecule has 0 saturated carbocycles. The van der Waals surface area contributed by atoms with Crippen molar-refractivity contribution in [1.82, 2.24) is 15.3 Å².